The molecule has 1 heterocycles. The minimum atomic E-state index is 0.728. The van der Waals surface area contributed by atoms with Crippen molar-refractivity contribution >= 4 is 0 Å². The maximum absolute atomic E-state index is 5.34. The van der Waals surface area contributed by atoms with Gasteiger partial charge in [-0.25, -0.2) is 5.01 Å². The van der Waals surface area contributed by atoms with Crippen LogP contribution in [-0.2, 0) is 4.74 Å². The minimum absolute atomic E-state index is 0.728. The first-order valence-corrected chi connectivity index (χ1v) is 6.47. The summed E-state index contributed by atoms with van der Waals surface area (Å²) in [6, 6.07) is 0.728. The Morgan fingerprint density at radius 1 is 1.13 bits per heavy atom. The smallest absolute Gasteiger partial charge is 0.0608 e. The van der Waals surface area contributed by atoms with Crippen LogP contribution in [0.15, 0.2) is 0 Å². The third-order valence-electron chi connectivity index (χ3n) is 3.80. The molecule has 1 N–H and O–H groups in total. The number of morpholine rings is 1. The second-order valence-corrected chi connectivity index (χ2v) is 4.85. The van der Waals surface area contributed by atoms with Gasteiger partial charge in [0.2, 0.25) is 0 Å². The van der Waals surface area contributed by atoms with Crippen LogP contribution in [0.2, 0.25) is 0 Å². The van der Waals surface area contributed by atoms with Crippen molar-refractivity contribution in [3.8, 4) is 0 Å². The molecule has 1 saturated carbocycles. The van der Waals surface area contributed by atoms with Gasteiger partial charge in [0.25, 0.3) is 0 Å². The van der Waals surface area contributed by atoms with Gasteiger partial charge in [-0.2, -0.15) is 0 Å². The number of hydrogen-bond acceptors (Lipinski definition) is 3. The van der Waals surface area contributed by atoms with Gasteiger partial charge in [0.15, 0.2) is 0 Å². The average Bonchev–Trinajstić information content (AvgIpc) is 2.31. The molecule has 0 aromatic rings. The summed E-state index contributed by atoms with van der Waals surface area (Å²) in [5, 5.41) is 2.35. The highest BCUT2D eigenvalue weighted by Crippen LogP contribution is 2.26. The van der Waals surface area contributed by atoms with Gasteiger partial charge in [0, 0.05) is 19.1 Å². The highest BCUT2D eigenvalue weighted by atomic mass is 16.5. The zero-order valence-electron chi connectivity index (χ0n) is 9.87. The van der Waals surface area contributed by atoms with E-state index in [0.717, 1.165) is 38.3 Å². The molecule has 1 saturated heterocycles. The zero-order chi connectivity index (χ0) is 10.5. The standard InChI is InChI=1S/C12H24N2O/c1-2-11-3-5-12(6-4-11)13-14-7-9-15-10-8-14/h11-13H,2-10H2,1H3. The lowest BCUT2D eigenvalue weighted by molar-refractivity contribution is -0.00114. The summed E-state index contributed by atoms with van der Waals surface area (Å²) in [4.78, 5) is 0. The molecule has 1 aliphatic carbocycles. The van der Waals surface area contributed by atoms with Gasteiger partial charge in [-0.15, -0.1) is 0 Å². The van der Waals surface area contributed by atoms with E-state index >= 15 is 0 Å². The summed E-state index contributed by atoms with van der Waals surface area (Å²) >= 11 is 0. The summed E-state index contributed by atoms with van der Waals surface area (Å²) in [5.74, 6) is 0.993. The summed E-state index contributed by atoms with van der Waals surface area (Å²) in [5.41, 5.74) is 3.66. The largest absolute Gasteiger partial charge is 0.379 e. The molecular formula is C12H24N2O. The van der Waals surface area contributed by atoms with E-state index in [4.69, 9.17) is 4.74 Å². The van der Waals surface area contributed by atoms with Crippen molar-refractivity contribution in [3.63, 3.8) is 0 Å². The van der Waals surface area contributed by atoms with Crippen LogP contribution in [-0.4, -0.2) is 37.4 Å². The van der Waals surface area contributed by atoms with Crippen LogP contribution >= 0.6 is 0 Å². The van der Waals surface area contributed by atoms with Crippen LogP contribution in [0, 0.1) is 5.92 Å². The van der Waals surface area contributed by atoms with Crippen molar-refractivity contribution in [1.82, 2.24) is 10.4 Å². The van der Waals surface area contributed by atoms with Crippen molar-refractivity contribution in [1.29, 1.82) is 0 Å². The van der Waals surface area contributed by atoms with E-state index < -0.39 is 0 Å². The Hall–Kier alpha value is -0.120. The lowest BCUT2D eigenvalue weighted by Crippen LogP contribution is -2.50. The van der Waals surface area contributed by atoms with Gasteiger partial charge in [-0.3, -0.25) is 5.43 Å². The van der Waals surface area contributed by atoms with Crippen LogP contribution in [0.4, 0.5) is 0 Å². The van der Waals surface area contributed by atoms with E-state index in [1.165, 1.54) is 32.1 Å². The Kier molecular flexibility index (Phi) is 4.42. The highest BCUT2D eigenvalue weighted by molar-refractivity contribution is 4.76. The van der Waals surface area contributed by atoms with Gasteiger partial charge in [0.1, 0.15) is 0 Å². The normalized spacial score (nSPS) is 34.2. The molecule has 0 aromatic carbocycles. The van der Waals surface area contributed by atoms with Crippen molar-refractivity contribution in [3.05, 3.63) is 0 Å². The topological polar surface area (TPSA) is 24.5 Å². The van der Waals surface area contributed by atoms with Crippen molar-refractivity contribution in [2.24, 2.45) is 5.92 Å². The number of ether oxygens (including phenoxy) is 1. The molecule has 0 atom stereocenters. The molecule has 1 aliphatic heterocycles. The van der Waals surface area contributed by atoms with Crippen molar-refractivity contribution in [2.45, 2.75) is 45.1 Å². The predicted molar refractivity (Wildman–Crippen MR) is 61.6 cm³/mol. The van der Waals surface area contributed by atoms with Crippen molar-refractivity contribution in [2.75, 3.05) is 26.3 Å². The fraction of sp³-hybridized carbons (Fsp3) is 1.00. The average molecular weight is 212 g/mol. The molecule has 0 aromatic heterocycles. The first-order chi connectivity index (χ1) is 7.38. The van der Waals surface area contributed by atoms with E-state index in [-0.39, 0.29) is 0 Å². The molecule has 0 bridgehead atoms. The van der Waals surface area contributed by atoms with E-state index in [1.807, 2.05) is 0 Å². The SMILES string of the molecule is CCC1CCC(NN2CCOCC2)CC1. The molecule has 0 spiro atoms. The van der Waals surface area contributed by atoms with E-state index in [1.54, 1.807) is 0 Å². The van der Waals surface area contributed by atoms with Gasteiger partial charge in [0.05, 0.1) is 13.2 Å². The van der Waals surface area contributed by atoms with Crippen LogP contribution < -0.4 is 5.43 Å². The maximum atomic E-state index is 5.34. The third-order valence-corrected chi connectivity index (χ3v) is 3.80. The van der Waals surface area contributed by atoms with Crippen LogP contribution in [0.1, 0.15) is 39.0 Å². The second-order valence-electron chi connectivity index (χ2n) is 4.85. The molecule has 2 fully saturated rings. The molecule has 2 rings (SSSR count). The summed E-state index contributed by atoms with van der Waals surface area (Å²) < 4.78 is 5.34. The zero-order valence-corrected chi connectivity index (χ0v) is 9.87. The molecule has 0 radical (unpaired) electrons. The predicted octanol–water partition coefficient (Wildman–Crippen LogP) is 1.79. The third kappa shape index (κ3) is 3.44. The first-order valence-electron chi connectivity index (χ1n) is 6.47. The molecular weight excluding hydrogens is 188 g/mol. The van der Waals surface area contributed by atoms with Crippen molar-refractivity contribution < 1.29 is 4.74 Å². The molecule has 3 nitrogen and oxygen atoms in total. The number of hydrogen-bond donors (Lipinski definition) is 1. The number of rotatable bonds is 3. The highest BCUT2D eigenvalue weighted by Gasteiger charge is 2.22. The Labute approximate surface area is 93.1 Å². The van der Waals surface area contributed by atoms with Crippen LogP contribution in [0.5, 0.6) is 0 Å². The first kappa shape index (κ1) is 11.4. The van der Waals surface area contributed by atoms with Crippen LogP contribution in [0.25, 0.3) is 0 Å². The number of nitrogens with one attached hydrogen (secondary N) is 1. The lowest BCUT2D eigenvalue weighted by atomic mass is 9.85. The monoisotopic (exact) mass is 212 g/mol. The molecule has 88 valence electrons. The van der Waals surface area contributed by atoms with E-state index in [2.05, 4.69) is 17.4 Å². The molecule has 0 unspecified atom stereocenters. The van der Waals surface area contributed by atoms with Gasteiger partial charge >= 0.3 is 0 Å². The fourth-order valence-electron chi connectivity index (χ4n) is 2.65. The summed E-state index contributed by atoms with van der Waals surface area (Å²) in [6.45, 7) is 6.19. The Morgan fingerprint density at radius 2 is 1.80 bits per heavy atom. The lowest BCUT2D eigenvalue weighted by Gasteiger charge is -2.35. The Bertz CT molecular complexity index is 172. The molecule has 15 heavy (non-hydrogen) atoms. The number of nitrogens with zero attached hydrogens (tertiary/aromatic N) is 1. The van der Waals surface area contributed by atoms with E-state index in [9.17, 15) is 0 Å². The Morgan fingerprint density at radius 3 is 2.40 bits per heavy atom. The quantitative estimate of drug-likeness (QED) is 0.772. The molecule has 3 heteroatoms. The maximum Gasteiger partial charge on any atom is 0.0608 e. The van der Waals surface area contributed by atoms with Crippen LogP contribution in [0.3, 0.4) is 0 Å². The summed E-state index contributed by atoms with van der Waals surface area (Å²) in [7, 11) is 0. The number of hydrazine groups is 1. The van der Waals surface area contributed by atoms with Gasteiger partial charge in [-0.05, 0) is 31.6 Å². The Balaban J connectivity index is 1.67. The molecule has 0 amide bonds. The van der Waals surface area contributed by atoms with Gasteiger partial charge < -0.3 is 4.74 Å². The fourth-order valence-corrected chi connectivity index (χ4v) is 2.65. The summed E-state index contributed by atoms with van der Waals surface area (Å²) in [6.07, 6.45) is 6.91. The van der Waals surface area contributed by atoms with E-state index in [0.29, 0.717) is 0 Å². The minimum Gasteiger partial charge on any atom is -0.379 e. The second kappa shape index (κ2) is 5.83. The van der Waals surface area contributed by atoms with Gasteiger partial charge in [-0.1, -0.05) is 13.3 Å². The molecule has 2 aliphatic rings.